The van der Waals surface area contributed by atoms with Crippen LogP contribution in [-0.2, 0) is 16.6 Å². The molecule has 9 nitrogen and oxygen atoms in total. The van der Waals surface area contributed by atoms with Crippen LogP contribution in [0.3, 0.4) is 0 Å². The lowest BCUT2D eigenvalue weighted by atomic mass is 10.3. The molecule has 4 rings (SSSR count). The summed E-state index contributed by atoms with van der Waals surface area (Å²) >= 11 is 12.0. The van der Waals surface area contributed by atoms with Gasteiger partial charge in [-0.2, -0.15) is 0 Å². The first-order valence-corrected chi connectivity index (χ1v) is 11.9. The molecule has 2 aromatic heterocycles. The third kappa shape index (κ3) is 5.59. The smallest absolute Gasteiger partial charge is 0.264 e. The molecular weight excluding hydrogens is 487 g/mol. The van der Waals surface area contributed by atoms with Crippen LogP contribution in [0.4, 0.5) is 5.95 Å². The molecule has 0 spiro atoms. The fourth-order valence-corrected chi connectivity index (χ4v) is 4.37. The van der Waals surface area contributed by atoms with Crippen molar-refractivity contribution in [3.05, 3.63) is 81.9 Å². The van der Waals surface area contributed by atoms with Gasteiger partial charge in [0, 0.05) is 16.4 Å². The standard InChI is InChI=1S/C21H18Cl2N6O3S/c1-13-9-14(2)25-21(24-13)27-33(30,31)18-6-4-17(5-7-18)29-11-16(26-28-29)12-32-20-8-3-15(22)10-19(20)23/h3-11H,12H2,1-2H3,(H,24,25,27). The van der Waals surface area contributed by atoms with E-state index in [2.05, 4.69) is 25.0 Å². The van der Waals surface area contributed by atoms with Crippen LogP contribution >= 0.6 is 23.2 Å². The lowest BCUT2D eigenvalue weighted by molar-refractivity contribution is 0.301. The zero-order valence-electron chi connectivity index (χ0n) is 17.5. The molecule has 2 heterocycles. The molecule has 0 saturated heterocycles. The fourth-order valence-electron chi connectivity index (χ4n) is 2.96. The fraction of sp³-hybridized carbons (Fsp3) is 0.143. The van der Waals surface area contributed by atoms with Gasteiger partial charge in [-0.3, -0.25) is 0 Å². The first-order valence-electron chi connectivity index (χ1n) is 9.64. The Kier molecular flexibility index (Phi) is 6.50. The minimum Gasteiger partial charge on any atom is -0.486 e. The van der Waals surface area contributed by atoms with Crippen LogP contribution in [0.5, 0.6) is 5.75 Å². The number of hydrogen-bond donors (Lipinski definition) is 1. The Balaban J connectivity index is 1.45. The average molecular weight is 505 g/mol. The highest BCUT2D eigenvalue weighted by Gasteiger charge is 2.16. The first-order chi connectivity index (χ1) is 15.7. The highest BCUT2D eigenvalue weighted by Crippen LogP contribution is 2.28. The number of sulfonamides is 1. The molecule has 12 heteroatoms. The summed E-state index contributed by atoms with van der Waals surface area (Å²) in [6.45, 7) is 3.68. The van der Waals surface area contributed by atoms with Crippen LogP contribution in [0.25, 0.3) is 5.69 Å². The van der Waals surface area contributed by atoms with Crippen LogP contribution in [0.2, 0.25) is 10.0 Å². The SMILES string of the molecule is Cc1cc(C)nc(NS(=O)(=O)c2ccc(-n3cc(COc4ccc(Cl)cc4Cl)nn3)cc2)n1. The quantitative estimate of drug-likeness (QED) is 0.397. The predicted octanol–water partition coefficient (Wildman–Crippen LogP) is 4.36. The van der Waals surface area contributed by atoms with Crippen LogP contribution in [-0.4, -0.2) is 33.4 Å². The monoisotopic (exact) mass is 504 g/mol. The van der Waals surface area contributed by atoms with Crippen molar-refractivity contribution in [2.75, 3.05) is 4.72 Å². The van der Waals surface area contributed by atoms with Gasteiger partial charge >= 0.3 is 0 Å². The molecule has 0 bridgehead atoms. The van der Waals surface area contributed by atoms with E-state index in [0.717, 1.165) is 0 Å². The summed E-state index contributed by atoms with van der Waals surface area (Å²) < 4.78 is 34.9. The molecule has 0 saturated carbocycles. The number of ether oxygens (including phenoxy) is 1. The topological polar surface area (TPSA) is 112 Å². The minimum absolute atomic E-state index is 0.0262. The second kappa shape index (κ2) is 9.34. The van der Waals surface area contributed by atoms with Crippen molar-refractivity contribution in [1.29, 1.82) is 0 Å². The van der Waals surface area contributed by atoms with Crippen molar-refractivity contribution in [3.8, 4) is 11.4 Å². The number of nitrogens with zero attached hydrogens (tertiary/aromatic N) is 5. The number of rotatable bonds is 7. The number of benzene rings is 2. The van der Waals surface area contributed by atoms with Crippen molar-refractivity contribution in [1.82, 2.24) is 25.0 Å². The summed E-state index contributed by atoms with van der Waals surface area (Å²) in [5, 5.41) is 9.04. The van der Waals surface area contributed by atoms with Crippen LogP contribution in [0, 0.1) is 13.8 Å². The van der Waals surface area contributed by atoms with E-state index < -0.39 is 10.0 Å². The van der Waals surface area contributed by atoms with Gasteiger partial charge in [0.15, 0.2) is 0 Å². The maximum atomic E-state index is 12.7. The van der Waals surface area contributed by atoms with Crippen LogP contribution < -0.4 is 9.46 Å². The predicted molar refractivity (Wildman–Crippen MR) is 124 cm³/mol. The molecule has 4 aromatic rings. The summed E-state index contributed by atoms with van der Waals surface area (Å²) in [6.07, 6.45) is 1.68. The second-order valence-electron chi connectivity index (χ2n) is 7.09. The summed E-state index contributed by atoms with van der Waals surface area (Å²) in [6, 6.07) is 12.9. The largest absolute Gasteiger partial charge is 0.486 e. The van der Waals surface area contributed by atoms with Gasteiger partial charge < -0.3 is 4.74 Å². The molecule has 0 aliphatic carbocycles. The summed E-state index contributed by atoms with van der Waals surface area (Å²) in [5.41, 5.74) is 2.52. The molecule has 0 aliphatic rings. The van der Waals surface area contributed by atoms with Gasteiger partial charge in [-0.25, -0.2) is 27.8 Å². The van der Waals surface area contributed by atoms with Crippen molar-refractivity contribution in [2.24, 2.45) is 0 Å². The molecule has 170 valence electrons. The molecule has 1 N–H and O–H groups in total. The number of hydrogen-bond acceptors (Lipinski definition) is 7. The summed E-state index contributed by atoms with van der Waals surface area (Å²) in [7, 11) is -3.85. The number of aryl methyl sites for hydroxylation is 2. The van der Waals surface area contributed by atoms with Crippen LogP contribution in [0.15, 0.2) is 59.6 Å². The molecule has 0 aliphatic heterocycles. The van der Waals surface area contributed by atoms with E-state index in [1.165, 1.54) is 16.8 Å². The molecule has 0 fully saturated rings. The normalized spacial score (nSPS) is 11.4. The molecule has 0 amide bonds. The number of halogens is 2. The molecule has 0 radical (unpaired) electrons. The molecular formula is C21H18Cl2N6O3S. The molecule has 2 aromatic carbocycles. The lowest BCUT2D eigenvalue weighted by Gasteiger charge is -2.08. The first kappa shape index (κ1) is 23.0. The maximum Gasteiger partial charge on any atom is 0.264 e. The molecule has 0 unspecified atom stereocenters. The Hall–Kier alpha value is -3.21. The van der Waals surface area contributed by atoms with Gasteiger partial charge in [-0.1, -0.05) is 28.4 Å². The number of nitrogens with one attached hydrogen (secondary N) is 1. The molecule has 33 heavy (non-hydrogen) atoms. The summed E-state index contributed by atoms with van der Waals surface area (Å²) in [4.78, 5) is 8.29. The lowest BCUT2D eigenvalue weighted by Crippen LogP contribution is -2.15. The van der Waals surface area contributed by atoms with E-state index in [1.54, 1.807) is 56.4 Å². The van der Waals surface area contributed by atoms with E-state index in [0.29, 0.717) is 38.6 Å². The van der Waals surface area contributed by atoms with Gasteiger partial charge in [-0.15, -0.1) is 5.10 Å². The second-order valence-corrected chi connectivity index (χ2v) is 9.62. The Labute approximate surface area is 200 Å². The number of anilines is 1. The Bertz CT molecular complexity index is 1390. The van der Waals surface area contributed by atoms with E-state index in [-0.39, 0.29) is 17.5 Å². The van der Waals surface area contributed by atoms with E-state index in [1.807, 2.05) is 0 Å². The summed E-state index contributed by atoms with van der Waals surface area (Å²) in [5.74, 6) is 0.503. The van der Waals surface area contributed by atoms with E-state index in [9.17, 15) is 8.42 Å². The van der Waals surface area contributed by atoms with Crippen molar-refractivity contribution >= 4 is 39.2 Å². The highest BCUT2D eigenvalue weighted by atomic mass is 35.5. The van der Waals surface area contributed by atoms with E-state index >= 15 is 0 Å². The van der Waals surface area contributed by atoms with Gasteiger partial charge in [0.05, 0.1) is 21.8 Å². The average Bonchev–Trinajstić information content (AvgIpc) is 3.21. The zero-order valence-corrected chi connectivity index (χ0v) is 19.9. The molecule has 0 atom stereocenters. The van der Waals surface area contributed by atoms with Crippen LogP contribution in [0.1, 0.15) is 17.1 Å². The van der Waals surface area contributed by atoms with Crippen molar-refractivity contribution in [2.45, 2.75) is 25.3 Å². The zero-order chi connectivity index (χ0) is 23.6. The van der Waals surface area contributed by atoms with Gasteiger partial charge in [0.25, 0.3) is 10.0 Å². The van der Waals surface area contributed by atoms with Crippen molar-refractivity contribution in [3.63, 3.8) is 0 Å². The Morgan fingerprint density at radius 1 is 1.00 bits per heavy atom. The van der Waals surface area contributed by atoms with Crippen molar-refractivity contribution < 1.29 is 13.2 Å². The van der Waals surface area contributed by atoms with Gasteiger partial charge in [-0.05, 0) is 62.4 Å². The maximum absolute atomic E-state index is 12.7. The third-order valence-electron chi connectivity index (χ3n) is 4.43. The highest BCUT2D eigenvalue weighted by molar-refractivity contribution is 7.92. The van der Waals surface area contributed by atoms with E-state index in [4.69, 9.17) is 27.9 Å². The van der Waals surface area contributed by atoms with Gasteiger partial charge in [0.2, 0.25) is 5.95 Å². The Morgan fingerprint density at radius 3 is 2.36 bits per heavy atom. The minimum atomic E-state index is -3.85. The Morgan fingerprint density at radius 2 is 1.70 bits per heavy atom. The number of aromatic nitrogens is 5. The third-order valence-corrected chi connectivity index (χ3v) is 6.30. The van der Waals surface area contributed by atoms with Gasteiger partial charge in [0.1, 0.15) is 18.1 Å².